The molecule has 0 aliphatic rings. The van der Waals surface area contributed by atoms with Crippen LogP contribution in [0.15, 0.2) is 48.5 Å². The van der Waals surface area contributed by atoms with Gasteiger partial charge in [-0.1, -0.05) is 47.5 Å². The van der Waals surface area contributed by atoms with Crippen molar-refractivity contribution >= 4 is 29.1 Å². The van der Waals surface area contributed by atoms with E-state index in [2.05, 4.69) is 5.32 Å². The molecule has 0 radical (unpaired) electrons. The first kappa shape index (κ1) is 16.7. The van der Waals surface area contributed by atoms with Crippen molar-refractivity contribution in [2.24, 2.45) is 0 Å². The van der Waals surface area contributed by atoms with Gasteiger partial charge in [-0.15, -0.1) is 0 Å². The molecule has 2 rings (SSSR count). The van der Waals surface area contributed by atoms with Gasteiger partial charge in [-0.3, -0.25) is 4.79 Å². The van der Waals surface area contributed by atoms with Gasteiger partial charge in [0.2, 0.25) is 0 Å². The maximum Gasteiger partial charge on any atom is 0.257 e. The minimum absolute atomic E-state index is 0.0214. The zero-order valence-electron chi connectivity index (χ0n) is 12.0. The van der Waals surface area contributed by atoms with Crippen molar-refractivity contribution in [2.75, 3.05) is 13.2 Å². The van der Waals surface area contributed by atoms with E-state index in [4.69, 9.17) is 27.9 Å². The summed E-state index contributed by atoms with van der Waals surface area (Å²) < 4.78 is 5.37. The molecule has 0 aliphatic heterocycles. The molecule has 0 bridgehead atoms. The average molecular weight is 338 g/mol. The number of carbonyl (C=O) groups is 1. The van der Waals surface area contributed by atoms with E-state index in [1.165, 1.54) is 0 Å². The highest BCUT2D eigenvalue weighted by atomic mass is 35.5. The lowest BCUT2D eigenvalue weighted by Gasteiger charge is -2.08. The van der Waals surface area contributed by atoms with Gasteiger partial charge < -0.3 is 10.1 Å². The van der Waals surface area contributed by atoms with E-state index < -0.39 is 0 Å². The number of rotatable bonds is 7. The Morgan fingerprint density at radius 2 is 1.91 bits per heavy atom. The first-order valence-corrected chi connectivity index (χ1v) is 7.79. The first-order valence-electron chi connectivity index (χ1n) is 7.03. The first-order chi connectivity index (χ1) is 10.6. The summed E-state index contributed by atoms with van der Waals surface area (Å²) in [4.78, 5) is 11.7. The number of ether oxygens (including phenoxy) is 1. The van der Waals surface area contributed by atoms with Crippen LogP contribution < -0.4 is 10.1 Å². The maximum absolute atomic E-state index is 11.7. The van der Waals surface area contributed by atoms with Crippen molar-refractivity contribution in [3.8, 4) is 5.75 Å². The summed E-state index contributed by atoms with van der Waals surface area (Å²) in [6, 6.07) is 14.7. The SMILES string of the molecule is O=C(COc1cccc(Cl)c1)NCCCc1ccccc1Cl. The Morgan fingerprint density at radius 1 is 1.09 bits per heavy atom. The summed E-state index contributed by atoms with van der Waals surface area (Å²) >= 11 is 11.9. The number of hydrogen-bond donors (Lipinski definition) is 1. The van der Waals surface area contributed by atoms with Crippen LogP contribution in [0, 0.1) is 0 Å². The maximum atomic E-state index is 11.7. The predicted octanol–water partition coefficient (Wildman–Crippen LogP) is 4.12. The number of carbonyl (C=O) groups excluding carboxylic acids is 1. The summed E-state index contributed by atoms with van der Waals surface area (Å²) in [7, 11) is 0. The molecule has 0 unspecified atom stereocenters. The third-order valence-corrected chi connectivity index (χ3v) is 3.67. The second-order valence-corrected chi connectivity index (χ2v) is 5.63. The van der Waals surface area contributed by atoms with E-state index in [-0.39, 0.29) is 12.5 Å². The third kappa shape index (κ3) is 5.58. The van der Waals surface area contributed by atoms with Gasteiger partial charge >= 0.3 is 0 Å². The van der Waals surface area contributed by atoms with Crippen LogP contribution in [0.4, 0.5) is 0 Å². The number of benzene rings is 2. The van der Waals surface area contributed by atoms with Gasteiger partial charge in [0.25, 0.3) is 5.91 Å². The number of aryl methyl sites for hydroxylation is 1. The molecule has 116 valence electrons. The van der Waals surface area contributed by atoms with E-state index in [0.29, 0.717) is 17.3 Å². The predicted molar refractivity (Wildman–Crippen MR) is 89.7 cm³/mol. The van der Waals surface area contributed by atoms with Gasteiger partial charge in [0, 0.05) is 16.6 Å². The molecule has 0 aromatic heterocycles. The Hall–Kier alpha value is -1.71. The van der Waals surface area contributed by atoms with Gasteiger partial charge in [0.05, 0.1) is 0 Å². The second kappa shape index (κ2) is 8.66. The lowest BCUT2D eigenvalue weighted by molar-refractivity contribution is -0.123. The smallest absolute Gasteiger partial charge is 0.257 e. The molecule has 2 aromatic rings. The molecule has 1 amide bonds. The molecule has 0 atom stereocenters. The average Bonchev–Trinajstić information content (AvgIpc) is 2.51. The molecule has 3 nitrogen and oxygen atoms in total. The number of hydrogen-bond acceptors (Lipinski definition) is 2. The van der Waals surface area contributed by atoms with Crippen LogP contribution in [0.1, 0.15) is 12.0 Å². The van der Waals surface area contributed by atoms with Crippen LogP contribution in [-0.2, 0) is 11.2 Å². The Balaban J connectivity index is 1.65. The van der Waals surface area contributed by atoms with Gasteiger partial charge in [-0.05, 0) is 42.7 Å². The van der Waals surface area contributed by atoms with Gasteiger partial charge in [-0.2, -0.15) is 0 Å². The lowest BCUT2D eigenvalue weighted by atomic mass is 10.1. The van der Waals surface area contributed by atoms with E-state index >= 15 is 0 Å². The van der Waals surface area contributed by atoms with Crippen molar-refractivity contribution in [2.45, 2.75) is 12.8 Å². The largest absolute Gasteiger partial charge is 0.484 e. The van der Waals surface area contributed by atoms with E-state index in [1.54, 1.807) is 24.3 Å². The van der Waals surface area contributed by atoms with Crippen LogP contribution in [0.25, 0.3) is 0 Å². The van der Waals surface area contributed by atoms with Gasteiger partial charge in [0.15, 0.2) is 6.61 Å². The van der Waals surface area contributed by atoms with Crippen LogP contribution >= 0.6 is 23.2 Å². The Bertz CT molecular complexity index is 632. The molecule has 0 saturated heterocycles. The standard InChI is InChI=1S/C17H17Cl2NO2/c18-14-7-3-8-15(11-14)22-12-17(21)20-10-4-6-13-5-1-2-9-16(13)19/h1-3,5,7-9,11H,4,6,10,12H2,(H,20,21). The Kier molecular flexibility index (Phi) is 6.56. The van der Waals surface area contributed by atoms with Crippen LogP contribution in [0.2, 0.25) is 10.0 Å². The third-order valence-electron chi connectivity index (χ3n) is 3.07. The van der Waals surface area contributed by atoms with Crippen molar-refractivity contribution in [3.05, 3.63) is 64.1 Å². The fraction of sp³-hybridized carbons (Fsp3) is 0.235. The minimum atomic E-state index is -0.154. The molecule has 0 aliphatic carbocycles. The Morgan fingerprint density at radius 3 is 2.68 bits per heavy atom. The molecule has 5 heteroatoms. The summed E-state index contributed by atoms with van der Waals surface area (Å²) in [5.41, 5.74) is 1.09. The van der Waals surface area contributed by atoms with E-state index in [9.17, 15) is 4.79 Å². The Labute approximate surface area is 140 Å². The fourth-order valence-electron chi connectivity index (χ4n) is 1.96. The van der Waals surface area contributed by atoms with Crippen LogP contribution in [-0.4, -0.2) is 19.1 Å². The molecule has 22 heavy (non-hydrogen) atoms. The van der Waals surface area contributed by atoms with E-state index in [1.807, 2.05) is 24.3 Å². The van der Waals surface area contributed by atoms with Crippen molar-refractivity contribution in [1.29, 1.82) is 0 Å². The quantitative estimate of drug-likeness (QED) is 0.771. The highest BCUT2D eigenvalue weighted by molar-refractivity contribution is 6.31. The van der Waals surface area contributed by atoms with Crippen molar-refractivity contribution < 1.29 is 9.53 Å². The molecular formula is C17H17Cl2NO2. The second-order valence-electron chi connectivity index (χ2n) is 4.79. The monoisotopic (exact) mass is 337 g/mol. The number of amides is 1. The molecular weight excluding hydrogens is 321 g/mol. The van der Waals surface area contributed by atoms with Crippen LogP contribution in [0.5, 0.6) is 5.75 Å². The van der Waals surface area contributed by atoms with E-state index in [0.717, 1.165) is 23.4 Å². The minimum Gasteiger partial charge on any atom is -0.484 e. The zero-order valence-corrected chi connectivity index (χ0v) is 13.5. The topological polar surface area (TPSA) is 38.3 Å². The van der Waals surface area contributed by atoms with Gasteiger partial charge in [0.1, 0.15) is 5.75 Å². The number of nitrogens with one attached hydrogen (secondary N) is 1. The zero-order chi connectivity index (χ0) is 15.8. The molecule has 0 heterocycles. The molecule has 0 fully saturated rings. The fourth-order valence-corrected chi connectivity index (χ4v) is 2.37. The lowest BCUT2D eigenvalue weighted by Crippen LogP contribution is -2.29. The van der Waals surface area contributed by atoms with Crippen molar-refractivity contribution in [3.63, 3.8) is 0 Å². The highest BCUT2D eigenvalue weighted by Crippen LogP contribution is 2.17. The normalized spacial score (nSPS) is 10.3. The number of halogens is 2. The molecule has 2 aromatic carbocycles. The van der Waals surface area contributed by atoms with Crippen molar-refractivity contribution in [1.82, 2.24) is 5.32 Å². The molecule has 0 spiro atoms. The highest BCUT2D eigenvalue weighted by Gasteiger charge is 2.03. The molecule has 0 saturated carbocycles. The van der Waals surface area contributed by atoms with Gasteiger partial charge in [-0.25, -0.2) is 0 Å². The summed E-state index contributed by atoms with van der Waals surface area (Å²) in [5, 5.41) is 4.16. The summed E-state index contributed by atoms with van der Waals surface area (Å²) in [6.45, 7) is 0.565. The summed E-state index contributed by atoms with van der Waals surface area (Å²) in [6.07, 6.45) is 1.65. The summed E-state index contributed by atoms with van der Waals surface area (Å²) in [5.74, 6) is 0.429. The molecule has 1 N–H and O–H groups in total. The van der Waals surface area contributed by atoms with Crippen LogP contribution in [0.3, 0.4) is 0 Å².